The molecule has 0 aliphatic rings. The molecule has 1 atom stereocenters. The standard InChI is InChI=1S/C7H7F3O5/c8-7(9,10)3-6(14)15-5(13)2-1-4(11)12/h1-2,5,13H,3H2,(H,11,12). The van der Waals surface area contributed by atoms with Gasteiger partial charge < -0.3 is 14.9 Å². The predicted molar refractivity (Wildman–Crippen MR) is 39.5 cm³/mol. The highest BCUT2D eigenvalue weighted by Crippen LogP contribution is 2.20. The maximum absolute atomic E-state index is 11.6. The number of halogens is 3. The van der Waals surface area contributed by atoms with Crippen molar-refractivity contribution in [2.75, 3.05) is 0 Å². The van der Waals surface area contributed by atoms with Crippen molar-refractivity contribution in [2.45, 2.75) is 18.9 Å². The molecule has 15 heavy (non-hydrogen) atoms. The molecule has 0 rings (SSSR count). The second kappa shape index (κ2) is 5.35. The normalized spacial score (nSPS) is 13.9. The van der Waals surface area contributed by atoms with Crippen LogP contribution in [0.15, 0.2) is 12.2 Å². The maximum Gasteiger partial charge on any atom is 0.399 e. The summed E-state index contributed by atoms with van der Waals surface area (Å²) in [5.74, 6) is -3.12. The van der Waals surface area contributed by atoms with Crippen LogP contribution in [0.5, 0.6) is 0 Å². The zero-order valence-corrected chi connectivity index (χ0v) is 7.19. The number of aliphatic carboxylic acids is 1. The summed E-state index contributed by atoms with van der Waals surface area (Å²) >= 11 is 0. The number of aliphatic hydroxyl groups is 1. The summed E-state index contributed by atoms with van der Waals surface area (Å²) in [6.45, 7) is 0. The van der Waals surface area contributed by atoms with E-state index in [1.54, 1.807) is 0 Å². The molecule has 0 aromatic heterocycles. The van der Waals surface area contributed by atoms with Gasteiger partial charge in [0, 0.05) is 6.08 Å². The summed E-state index contributed by atoms with van der Waals surface area (Å²) in [5, 5.41) is 16.8. The molecule has 0 bridgehead atoms. The number of hydrogen-bond acceptors (Lipinski definition) is 4. The maximum atomic E-state index is 11.6. The molecule has 0 aliphatic heterocycles. The first-order valence-electron chi connectivity index (χ1n) is 3.56. The monoisotopic (exact) mass is 228 g/mol. The summed E-state index contributed by atoms with van der Waals surface area (Å²) in [6, 6.07) is 0. The number of alkyl halides is 3. The molecular weight excluding hydrogens is 221 g/mol. The second-order valence-electron chi connectivity index (χ2n) is 2.37. The number of carboxylic acid groups (broad SMARTS) is 1. The fraction of sp³-hybridized carbons (Fsp3) is 0.429. The first-order chi connectivity index (χ1) is 6.70. The van der Waals surface area contributed by atoms with Crippen molar-refractivity contribution in [1.82, 2.24) is 0 Å². The van der Waals surface area contributed by atoms with Crippen molar-refractivity contribution in [3.05, 3.63) is 12.2 Å². The number of carboxylic acids is 1. The molecule has 8 heteroatoms. The van der Waals surface area contributed by atoms with Gasteiger partial charge in [0.05, 0.1) is 0 Å². The van der Waals surface area contributed by atoms with Crippen molar-refractivity contribution in [3.63, 3.8) is 0 Å². The highest BCUT2D eigenvalue weighted by atomic mass is 19.4. The van der Waals surface area contributed by atoms with Crippen LogP contribution in [-0.4, -0.2) is 34.6 Å². The van der Waals surface area contributed by atoms with Gasteiger partial charge in [-0.05, 0) is 6.08 Å². The highest BCUT2D eigenvalue weighted by Gasteiger charge is 2.32. The molecule has 0 saturated carbocycles. The van der Waals surface area contributed by atoms with Gasteiger partial charge in [0.15, 0.2) is 0 Å². The lowest BCUT2D eigenvalue weighted by atomic mass is 10.4. The van der Waals surface area contributed by atoms with Gasteiger partial charge in [0.25, 0.3) is 0 Å². The molecule has 0 aromatic rings. The topological polar surface area (TPSA) is 83.8 Å². The van der Waals surface area contributed by atoms with Crippen LogP contribution in [0.4, 0.5) is 13.2 Å². The van der Waals surface area contributed by atoms with Gasteiger partial charge >= 0.3 is 18.1 Å². The second-order valence-corrected chi connectivity index (χ2v) is 2.37. The van der Waals surface area contributed by atoms with Crippen LogP contribution >= 0.6 is 0 Å². The minimum atomic E-state index is -4.73. The summed E-state index contributed by atoms with van der Waals surface area (Å²) in [7, 11) is 0. The number of ether oxygens (including phenoxy) is 1. The average Bonchev–Trinajstić information content (AvgIpc) is 1.96. The van der Waals surface area contributed by atoms with Crippen LogP contribution < -0.4 is 0 Å². The van der Waals surface area contributed by atoms with E-state index in [-0.39, 0.29) is 0 Å². The number of rotatable bonds is 4. The van der Waals surface area contributed by atoms with Crippen molar-refractivity contribution in [1.29, 1.82) is 0 Å². The Labute approximate surface area is 81.8 Å². The quantitative estimate of drug-likeness (QED) is 0.414. The Hall–Kier alpha value is -1.57. The Morgan fingerprint density at radius 1 is 1.40 bits per heavy atom. The van der Waals surface area contributed by atoms with E-state index in [9.17, 15) is 22.8 Å². The molecule has 0 spiro atoms. The zero-order valence-electron chi connectivity index (χ0n) is 7.19. The molecule has 1 unspecified atom stereocenters. The van der Waals surface area contributed by atoms with E-state index in [0.29, 0.717) is 12.2 Å². The van der Waals surface area contributed by atoms with Crippen LogP contribution in [-0.2, 0) is 14.3 Å². The lowest BCUT2D eigenvalue weighted by Gasteiger charge is -2.09. The van der Waals surface area contributed by atoms with Crippen LogP contribution in [0.3, 0.4) is 0 Å². The van der Waals surface area contributed by atoms with Crippen LogP contribution in [0.2, 0.25) is 0 Å². The van der Waals surface area contributed by atoms with Crippen molar-refractivity contribution < 1.29 is 37.7 Å². The third-order valence-electron chi connectivity index (χ3n) is 1.00. The molecule has 0 aliphatic carbocycles. The molecule has 0 aromatic carbocycles. The number of carbonyl (C=O) groups excluding carboxylic acids is 1. The molecular formula is C7H7F3O5. The summed E-state index contributed by atoms with van der Waals surface area (Å²) in [4.78, 5) is 20.3. The number of aliphatic hydroxyl groups excluding tert-OH is 1. The Morgan fingerprint density at radius 3 is 2.33 bits per heavy atom. The van der Waals surface area contributed by atoms with Gasteiger partial charge in [-0.1, -0.05) is 0 Å². The minimum Gasteiger partial charge on any atom is -0.478 e. The van der Waals surface area contributed by atoms with Gasteiger partial charge in [-0.2, -0.15) is 13.2 Å². The lowest BCUT2D eigenvalue weighted by Crippen LogP contribution is -2.21. The smallest absolute Gasteiger partial charge is 0.399 e. The predicted octanol–water partition coefficient (Wildman–Crippen LogP) is 0.441. The van der Waals surface area contributed by atoms with Gasteiger partial charge in [0.1, 0.15) is 6.42 Å². The van der Waals surface area contributed by atoms with Gasteiger partial charge in [-0.3, -0.25) is 4.79 Å². The summed E-state index contributed by atoms with van der Waals surface area (Å²) in [6.07, 6.45) is -7.61. The summed E-state index contributed by atoms with van der Waals surface area (Å²) < 4.78 is 38.6. The molecule has 0 saturated heterocycles. The zero-order chi connectivity index (χ0) is 12.1. The Morgan fingerprint density at radius 2 is 1.93 bits per heavy atom. The number of carbonyl (C=O) groups is 2. The Balaban J connectivity index is 4.02. The van der Waals surface area contributed by atoms with Gasteiger partial charge in [0.2, 0.25) is 6.29 Å². The lowest BCUT2D eigenvalue weighted by molar-refractivity contribution is -0.183. The minimum absolute atomic E-state index is 0.436. The molecule has 2 N–H and O–H groups in total. The van der Waals surface area contributed by atoms with E-state index >= 15 is 0 Å². The van der Waals surface area contributed by atoms with Crippen LogP contribution in [0.1, 0.15) is 6.42 Å². The molecule has 0 heterocycles. The van der Waals surface area contributed by atoms with Crippen LogP contribution in [0, 0.1) is 0 Å². The molecule has 0 amide bonds. The van der Waals surface area contributed by atoms with E-state index in [2.05, 4.69) is 4.74 Å². The number of esters is 1. The van der Waals surface area contributed by atoms with Crippen LogP contribution in [0.25, 0.3) is 0 Å². The summed E-state index contributed by atoms with van der Waals surface area (Å²) in [5.41, 5.74) is 0. The molecule has 0 radical (unpaired) electrons. The average molecular weight is 228 g/mol. The number of hydrogen-bond donors (Lipinski definition) is 2. The van der Waals surface area contributed by atoms with E-state index in [1.165, 1.54) is 0 Å². The van der Waals surface area contributed by atoms with Crippen molar-refractivity contribution >= 4 is 11.9 Å². The largest absolute Gasteiger partial charge is 0.478 e. The Bertz CT molecular complexity index is 270. The molecule has 5 nitrogen and oxygen atoms in total. The van der Waals surface area contributed by atoms with Crippen molar-refractivity contribution in [2.24, 2.45) is 0 Å². The molecule has 0 fully saturated rings. The first-order valence-corrected chi connectivity index (χ1v) is 3.56. The SMILES string of the molecule is O=C(O)C=CC(O)OC(=O)CC(F)(F)F. The fourth-order valence-electron chi connectivity index (χ4n) is 0.544. The van der Waals surface area contributed by atoms with E-state index in [1.807, 2.05) is 0 Å². The van der Waals surface area contributed by atoms with Gasteiger partial charge in [-0.25, -0.2) is 4.79 Å². The van der Waals surface area contributed by atoms with Crippen molar-refractivity contribution in [3.8, 4) is 0 Å². The Kier molecular flexibility index (Phi) is 4.79. The fourth-order valence-corrected chi connectivity index (χ4v) is 0.544. The molecule has 86 valence electrons. The van der Waals surface area contributed by atoms with Gasteiger partial charge in [-0.15, -0.1) is 0 Å². The van der Waals surface area contributed by atoms with E-state index in [0.717, 1.165) is 0 Å². The van der Waals surface area contributed by atoms with E-state index in [4.69, 9.17) is 10.2 Å². The first kappa shape index (κ1) is 13.4. The third kappa shape index (κ3) is 8.75. The third-order valence-corrected chi connectivity index (χ3v) is 1.00. The van der Waals surface area contributed by atoms with E-state index < -0.39 is 30.8 Å². The highest BCUT2D eigenvalue weighted by molar-refractivity contribution is 5.79.